The predicted octanol–water partition coefficient (Wildman–Crippen LogP) is 1.97. The van der Waals surface area contributed by atoms with Crippen molar-refractivity contribution >= 4 is 35.5 Å². The Kier molecular flexibility index (Phi) is 7.90. The van der Waals surface area contributed by atoms with Crippen LogP contribution in [0.3, 0.4) is 0 Å². The highest BCUT2D eigenvalue weighted by molar-refractivity contribution is 6.23. The molecular weight excluding hydrogens is 508 g/mol. The molecule has 11 heteroatoms. The summed E-state index contributed by atoms with van der Waals surface area (Å²) in [4.78, 5) is 49.3. The Morgan fingerprint density at radius 3 is 2.19 bits per heavy atom. The highest BCUT2D eigenvalue weighted by Gasteiger charge is 2.70. The van der Waals surface area contributed by atoms with Crippen molar-refractivity contribution in [3.63, 3.8) is 0 Å². The summed E-state index contributed by atoms with van der Waals surface area (Å²) < 4.78 is 22.4. The number of rotatable bonds is 3. The highest BCUT2D eigenvalue weighted by Crippen LogP contribution is 2.56. The maximum absolute atomic E-state index is 12.8. The summed E-state index contributed by atoms with van der Waals surface area (Å²) in [7, 11) is 0. The van der Waals surface area contributed by atoms with E-state index in [-0.39, 0.29) is 12.8 Å². The number of aliphatic hydroxyl groups is 2. The molecule has 2 N–H and O–H groups in total. The fourth-order valence-electron chi connectivity index (χ4n) is 6.11. The van der Waals surface area contributed by atoms with E-state index in [0.717, 1.165) is 6.92 Å². The van der Waals surface area contributed by atoms with E-state index in [4.69, 9.17) is 30.5 Å². The maximum Gasteiger partial charge on any atom is 0.312 e. The van der Waals surface area contributed by atoms with E-state index in [2.05, 4.69) is 6.58 Å². The minimum Gasteiger partial charge on any atom is -0.462 e. The summed E-state index contributed by atoms with van der Waals surface area (Å²) in [6, 6.07) is 0. The number of hydrogen-bond acceptors (Lipinski definition) is 10. The monoisotopic (exact) mass is 542 g/mol. The summed E-state index contributed by atoms with van der Waals surface area (Å²) in [6.07, 6.45) is -1.60. The zero-order chi connectivity index (χ0) is 28.1. The van der Waals surface area contributed by atoms with Crippen LogP contribution in [0.5, 0.6) is 0 Å². The lowest BCUT2D eigenvalue weighted by Crippen LogP contribution is -2.70. The number of halogens is 1. The van der Waals surface area contributed by atoms with Crippen molar-refractivity contribution in [3.05, 3.63) is 24.3 Å². The summed E-state index contributed by atoms with van der Waals surface area (Å²) in [5.74, 6) is -5.38. The molecule has 1 unspecified atom stereocenters. The molecule has 3 aliphatic rings. The molecule has 1 saturated heterocycles. The molecule has 3 rings (SSSR count). The van der Waals surface area contributed by atoms with Crippen LogP contribution in [0, 0.1) is 17.3 Å². The molecule has 0 spiro atoms. The van der Waals surface area contributed by atoms with Gasteiger partial charge in [-0.3, -0.25) is 19.2 Å². The molecule has 0 amide bonds. The van der Waals surface area contributed by atoms with Crippen LogP contribution in [0.25, 0.3) is 0 Å². The zero-order valence-corrected chi connectivity index (χ0v) is 22.6. The molecule has 1 saturated carbocycles. The van der Waals surface area contributed by atoms with E-state index in [1.807, 2.05) is 0 Å². The van der Waals surface area contributed by atoms with Crippen molar-refractivity contribution in [3.8, 4) is 0 Å². The Bertz CT molecular complexity index is 1020. The highest BCUT2D eigenvalue weighted by atomic mass is 35.5. The van der Waals surface area contributed by atoms with Crippen molar-refractivity contribution in [2.45, 2.75) is 95.4 Å². The van der Waals surface area contributed by atoms with Gasteiger partial charge in [-0.05, 0) is 32.8 Å². The number of ether oxygens (including phenoxy) is 4. The number of hydrogen-bond donors (Lipinski definition) is 2. The van der Waals surface area contributed by atoms with Gasteiger partial charge in [0.25, 0.3) is 0 Å². The van der Waals surface area contributed by atoms with Crippen LogP contribution in [0.1, 0.15) is 54.4 Å². The molecule has 2 fully saturated rings. The SMILES string of the molecule is C=C1CC[C@H](OC(C)=O)[C@@]2(C)C=C[C@@H](OC(C)=O)[C@@](C)(O)[C@@H]2C(OC(C)=O)[C@]2(O)[C@@H](C)C(=O)O[C@H]2[C@H]1Cl. The van der Waals surface area contributed by atoms with Crippen LogP contribution in [0.2, 0.25) is 0 Å². The smallest absolute Gasteiger partial charge is 0.312 e. The van der Waals surface area contributed by atoms with E-state index in [9.17, 15) is 29.4 Å². The number of esters is 4. The second-order valence-corrected chi connectivity index (χ2v) is 11.1. The Hall–Kier alpha value is -2.43. The third-order valence-corrected chi connectivity index (χ3v) is 8.52. The van der Waals surface area contributed by atoms with Gasteiger partial charge in [0.2, 0.25) is 0 Å². The summed E-state index contributed by atoms with van der Waals surface area (Å²) in [6.45, 7) is 12.0. The van der Waals surface area contributed by atoms with E-state index in [1.54, 1.807) is 13.0 Å². The van der Waals surface area contributed by atoms with E-state index in [0.29, 0.717) is 5.57 Å². The molecule has 1 aliphatic heterocycles. The number of carbonyl (C=O) groups excluding carboxylic acids is 4. The number of carbonyl (C=O) groups is 4. The van der Waals surface area contributed by atoms with Crippen LogP contribution in [0.15, 0.2) is 24.3 Å². The topological polar surface area (TPSA) is 146 Å². The van der Waals surface area contributed by atoms with E-state index in [1.165, 1.54) is 33.8 Å². The van der Waals surface area contributed by atoms with E-state index >= 15 is 0 Å². The summed E-state index contributed by atoms with van der Waals surface area (Å²) in [5.41, 5.74) is -5.11. The fraction of sp³-hybridized carbons (Fsp3) is 0.692. The quantitative estimate of drug-likeness (QED) is 0.235. The van der Waals surface area contributed by atoms with E-state index < -0.39 is 82.1 Å². The largest absolute Gasteiger partial charge is 0.462 e. The van der Waals surface area contributed by atoms with Crippen molar-refractivity contribution in [2.24, 2.45) is 17.3 Å². The average Bonchev–Trinajstić information content (AvgIpc) is 3.00. The second kappa shape index (κ2) is 10.0. The lowest BCUT2D eigenvalue weighted by molar-refractivity contribution is -0.245. The van der Waals surface area contributed by atoms with Gasteiger partial charge >= 0.3 is 23.9 Å². The lowest BCUT2D eigenvalue weighted by atomic mass is 9.54. The molecule has 2 aliphatic carbocycles. The summed E-state index contributed by atoms with van der Waals surface area (Å²) >= 11 is 6.69. The standard InChI is InChI=1S/C26H35ClO10/c1-12-8-9-17(34-14(3)28)24(6)11-10-18(35-15(4)29)25(7,32)20(24)22(36-16(5)30)26(33)13(2)23(31)37-21(26)19(12)27/h10-11,13,17-22,32-33H,1,8-9H2,2-7H3/t13-,17-,18+,19-,20+,21-,22?,24+,25+,26-/m0/s1. The van der Waals surface area contributed by atoms with Crippen LogP contribution >= 0.6 is 11.6 Å². The van der Waals surface area contributed by atoms with Crippen molar-refractivity contribution in [1.29, 1.82) is 0 Å². The minimum absolute atomic E-state index is 0.203. The molecule has 10 nitrogen and oxygen atoms in total. The number of fused-ring (bicyclic) bond motifs is 2. The van der Waals surface area contributed by atoms with Gasteiger partial charge in [-0.15, -0.1) is 11.6 Å². The van der Waals surface area contributed by atoms with Gasteiger partial charge in [0.15, 0.2) is 11.7 Å². The van der Waals surface area contributed by atoms with Crippen molar-refractivity contribution < 1.29 is 48.3 Å². The maximum atomic E-state index is 12.8. The van der Waals surface area contributed by atoms with Crippen LogP contribution < -0.4 is 0 Å². The molecule has 10 atom stereocenters. The molecule has 206 valence electrons. The van der Waals surface area contributed by atoms with Gasteiger partial charge in [0.1, 0.15) is 23.9 Å². The fourth-order valence-corrected chi connectivity index (χ4v) is 6.47. The first-order valence-corrected chi connectivity index (χ1v) is 12.6. The molecule has 37 heavy (non-hydrogen) atoms. The first-order chi connectivity index (χ1) is 17.0. The Morgan fingerprint density at radius 2 is 1.65 bits per heavy atom. The molecule has 1 heterocycles. The van der Waals surface area contributed by atoms with Crippen molar-refractivity contribution in [2.75, 3.05) is 0 Å². The Balaban J connectivity index is 2.38. The normalized spacial score (nSPS) is 43.6. The zero-order valence-electron chi connectivity index (χ0n) is 21.9. The van der Waals surface area contributed by atoms with Crippen LogP contribution in [-0.2, 0) is 38.1 Å². The van der Waals surface area contributed by atoms with Gasteiger partial charge < -0.3 is 29.2 Å². The molecule has 0 aromatic heterocycles. The molecule has 0 radical (unpaired) electrons. The van der Waals surface area contributed by atoms with Gasteiger partial charge in [0.05, 0.1) is 11.3 Å². The first kappa shape index (κ1) is 29.1. The lowest BCUT2D eigenvalue weighted by Gasteiger charge is -2.57. The first-order valence-electron chi connectivity index (χ1n) is 12.2. The average molecular weight is 543 g/mol. The molecule has 0 bridgehead atoms. The Morgan fingerprint density at radius 1 is 1.08 bits per heavy atom. The van der Waals surface area contributed by atoms with Gasteiger partial charge in [-0.2, -0.15) is 0 Å². The Labute approximate surface area is 220 Å². The molecular formula is C26H35ClO10. The predicted molar refractivity (Wildman–Crippen MR) is 130 cm³/mol. The minimum atomic E-state index is -2.24. The third-order valence-electron chi connectivity index (χ3n) is 7.98. The second-order valence-electron chi connectivity index (χ2n) is 10.7. The molecule has 0 aromatic rings. The van der Waals surface area contributed by atoms with Gasteiger partial charge in [-0.1, -0.05) is 25.2 Å². The molecule has 0 aromatic carbocycles. The van der Waals surface area contributed by atoms with Crippen LogP contribution in [0.4, 0.5) is 0 Å². The van der Waals surface area contributed by atoms with Crippen LogP contribution in [-0.4, -0.2) is 75.1 Å². The van der Waals surface area contributed by atoms with Gasteiger partial charge in [-0.25, -0.2) is 0 Å². The van der Waals surface area contributed by atoms with Crippen molar-refractivity contribution in [1.82, 2.24) is 0 Å². The van der Waals surface area contributed by atoms with Gasteiger partial charge in [0, 0.05) is 32.1 Å². The number of alkyl halides is 1. The third kappa shape index (κ3) is 4.91. The summed E-state index contributed by atoms with van der Waals surface area (Å²) in [5, 5.41) is 23.2.